The Balaban J connectivity index is 2.09. The second-order valence-corrected chi connectivity index (χ2v) is 5.02. The lowest BCUT2D eigenvalue weighted by Crippen LogP contribution is -2.30. The molecule has 2 heterocycles. The molecule has 102 valence electrons. The second-order valence-electron chi connectivity index (χ2n) is 5.02. The molecule has 1 aliphatic heterocycles. The summed E-state index contributed by atoms with van der Waals surface area (Å²) in [6.45, 7) is 0. The van der Waals surface area contributed by atoms with Gasteiger partial charge < -0.3 is 4.90 Å². The first-order valence-corrected chi connectivity index (χ1v) is 6.49. The number of carbonyl (C=O) groups is 2. The molecule has 0 radical (unpaired) electrons. The van der Waals surface area contributed by atoms with Crippen LogP contribution in [0.1, 0.15) is 22.3 Å². The lowest BCUT2D eigenvalue weighted by atomic mass is 9.97. The first-order valence-electron chi connectivity index (χ1n) is 6.49. The number of nitrogens with zero attached hydrogens (tertiary/aromatic N) is 3. The second kappa shape index (κ2) is 4.59. The molecule has 0 N–H and O–H groups in total. The fourth-order valence-corrected chi connectivity index (χ4v) is 2.62. The Hall–Kier alpha value is -2.43. The average molecular weight is 269 g/mol. The van der Waals surface area contributed by atoms with Gasteiger partial charge in [-0.2, -0.15) is 5.10 Å². The summed E-state index contributed by atoms with van der Waals surface area (Å²) in [4.78, 5) is 24.5. The maximum Gasteiger partial charge on any atom is 0.227 e. The zero-order valence-corrected chi connectivity index (χ0v) is 11.5. The third-order valence-corrected chi connectivity index (χ3v) is 3.68. The Morgan fingerprint density at radius 3 is 2.80 bits per heavy atom. The van der Waals surface area contributed by atoms with Crippen molar-refractivity contribution in [2.75, 3.05) is 11.9 Å². The number of fused-ring (bicyclic) bond motifs is 1. The van der Waals surface area contributed by atoms with Gasteiger partial charge in [0.05, 0.1) is 5.56 Å². The lowest BCUT2D eigenvalue weighted by Gasteiger charge is -2.26. The van der Waals surface area contributed by atoms with E-state index in [0.717, 1.165) is 29.5 Å². The number of carbonyl (C=O) groups excluding carboxylic acids is 2. The lowest BCUT2D eigenvalue weighted by molar-refractivity contribution is -0.118. The van der Waals surface area contributed by atoms with Crippen LogP contribution < -0.4 is 4.90 Å². The molecule has 1 aromatic carbocycles. The Kier molecular flexibility index (Phi) is 2.89. The molecule has 0 aliphatic carbocycles. The molecule has 20 heavy (non-hydrogen) atoms. The van der Waals surface area contributed by atoms with E-state index in [-0.39, 0.29) is 5.91 Å². The van der Waals surface area contributed by atoms with E-state index >= 15 is 0 Å². The number of aryl methyl sites for hydroxylation is 2. The van der Waals surface area contributed by atoms with Gasteiger partial charge in [0.25, 0.3) is 0 Å². The van der Waals surface area contributed by atoms with Gasteiger partial charge in [-0.05, 0) is 24.1 Å². The average Bonchev–Trinajstić information content (AvgIpc) is 2.84. The van der Waals surface area contributed by atoms with Gasteiger partial charge in [0.15, 0.2) is 6.29 Å². The number of benzene rings is 1. The van der Waals surface area contributed by atoms with E-state index in [2.05, 4.69) is 5.10 Å². The molecule has 0 spiro atoms. The normalized spacial score (nSPS) is 14.3. The van der Waals surface area contributed by atoms with Crippen molar-refractivity contribution in [1.29, 1.82) is 0 Å². The van der Waals surface area contributed by atoms with Crippen LogP contribution in [0.5, 0.6) is 0 Å². The highest BCUT2D eigenvalue weighted by Gasteiger charge is 2.21. The highest BCUT2D eigenvalue weighted by atomic mass is 16.2. The van der Waals surface area contributed by atoms with E-state index in [4.69, 9.17) is 0 Å². The van der Waals surface area contributed by atoms with Gasteiger partial charge in [-0.15, -0.1) is 0 Å². The van der Waals surface area contributed by atoms with Crippen molar-refractivity contribution in [1.82, 2.24) is 9.78 Å². The van der Waals surface area contributed by atoms with E-state index in [0.29, 0.717) is 17.7 Å². The summed E-state index contributed by atoms with van der Waals surface area (Å²) in [6, 6.07) is 5.85. The molecule has 0 saturated heterocycles. The molecule has 0 atom stereocenters. The minimum Gasteiger partial charge on any atom is -0.315 e. The van der Waals surface area contributed by atoms with Crippen LogP contribution in [0.2, 0.25) is 0 Å². The number of rotatable bonds is 2. The molecule has 0 saturated carbocycles. The Bertz CT molecular complexity index is 703. The van der Waals surface area contributed by atoms with Crippen LogP contribution in [-0.2, 0) is 18.3 Å². The van der Waals surface area contributed by atoms with Crippen molar-refractivity contribution in [3.63, 3.8) is 0 Å². The fraction of sp³-hybridized carbons (Fsp3) is 0.267. The van der Waals surface area contributed by atoms with Crippen LogP contribution in [0.25, 0.3) is 11.3 Å². The fourth-order valence-electron chi connectivity index (χ4n) is 2.62. The third-order valence-electron chi connectivity index (χ3n) is 3.68. The number of hydrogen-bond acceptors (Lipinski definition) is 3. The zero-order chi connectivity index (χ0) is 14.3. The van der Waals surface area contributed by atoms with Crippen molar-refractivity contribution in [3.05, 3.63) is 35.5 Å². The minimum absolute atomic E-state index is 0.136. The van der Waals surface area contributed by atoms with Crippen LogP contribution >= 0.6 is 0 Å². The van der Waals surface area contributed by atoms with Crippen LogP contribution in [0.15, 0.2) is 24.4 Å². The van der Waals surface area contributed by atoms with Crippen molar-refractivity contribution in [2.24, 2.45) is 7.05 Å². The van der Waals surface area contributed by atoms with Gasteiger partial charge in [-0.1, -0.05) is 6.07 Å². The molecule has 3 rings (SSSR count). The summed E-state index contributed by atoms with van der Waals surface area (Å²) < 4.78 is 1.63. The molecule has 0 fully saturated rings. The molecular weight excluding hydrogens is 254 g/mol. The molecule has 1 amide bonds. The van der Waals surface area contributed by atoms with Crippen LogP contribution in [0.4, 0.5) is 5.69 Å². The van der Waals surface area contributed by atoms with E-state index in [1.54, 1.807) is 29.9 Å². The summed E-state index contributed by atoms with van der Waals surface area (Å²) in [7, 11) is 3.58. The number of amides is 1. The van der Waals surface area contributed by atoms with Crippen LogP contribution in [0, 0.1) is 0 Å². The quantitative estimate of drug-likeness (QED) is 0.781. The summed E-state index contributed by atoms with van der Waals surface area (Å²) in [6.07, 6.45) is 3.78. The Morgan fingerprint density at radius 2 is 2.05 bits per heavy atom. The van der Waals surface area contributed by atoms with Crippen LogP contribution in [-0.4, -0.2) is 29.0 Å². The highest BCUT2D eigenvalue weighted by molar-refractivity contribution is 5.96. The van der Waals surface area contributed by atoms with E-state index in [1.807, 2.05) is 18.2 Å². The van der Waals surface area contributed by atoms with E-state index < -0.39 is 0 Å². The Morgan fingerprint density at radius 1 is 1.25 bits per heavy atom. The Labute approximate surface area is 116 Å². The maximum atomic E-state index is 11.7. The third kappa shape index (κ3) is 1.91. The van der Waals surface area contributed by atoms with Crippen molar-refractivity contribution in [2.45, 2.75) is 12.8 Å². The van der Waals surface area contributed by atoms with Crippen molar-refractivity contribution in [3.8, 4) is 11.3 Å². The molecule has 5 nitrogen and oxygen atoms in total. The van der Waals surface area contributed by atoms with Gasteiger partial charge >= 0.3 is 0 Å². The molecular formula is C15H15N3O2. The highest BCUT2D eigenvalue weighted by Crippen LogP contribution is 2.31. The maximum absolute atomic E-state index is 11.7. The molecule has 0 bridgehead atoms. The summed E-state index contributed by atoms with van der Waals surface area (Å²) >= 11 is 0. The number of aldehydes is 1. The monoisotopic (exact) mass is 269 g/mol. The van der Waals surface area contributed by atoms with E-state index in [1.165, 1.54) is 0 Å². The summed E-state index contributed by atoms with van der Waals surface area (Å²) in [5, 5.41) is 4.34. The molecule has 1 aromatic heterocycles. The first kappa shape index (κ1) is 12.6. The topological polar surface area (TPSA) is 55.2 Å². The largest absolute Gasteiger partial charge is 0.315 e. The predicted octanol–water partition coefficient (Wildman–Crippen LogP) is 1.81. The van der Waals surface area contributed by atoms with Gasteiger partial charge in [0.2, 0.25) is 5.91 Å². The summed E-state index contributed by atoms with van der Waals surface area (Å²) in [5.74, 6) is 0.136. The number of aromatic nitrogens is 2. The first-order chi connectivity index (χ1) is 9.60. The van der Waals surface area contributed by atoms with Crippen molar-refractivity contribution < 1.29 is 9.59 Å². The summed E-state index contributed by atoms with van der Waals surface area (Å²) in [5.41, 5.74) is 4.23. The standard InChI is InChI=1S/C15H15N3O2/c1-17-8-12(9-19)15(16-17)11-3-5-13-10(7-11)4-6-14(20)18(13)2/h3,5,7-9H,4,6H2,1-2H3. The molecule has 0 unspecified atom stereocenters. The molecule has 2 aromatic rings. The zero-order valence-electron chi connectivity index (χ0n) is 11.5. The van der Waals surface area contributed by atoms with Gasteiger partial charge in [0.1, 0.15) is 5.69 Å². The van der Waals surface area contributed by atoms with Crippen LogP contribution in [0.3, 0.4) is 0 Å². The molecule has 1 aliphatic rings. The number of hydrogen-bond donors (Lipinski definition) is 0. The molecule has 5 heteroatoms. The smallest absolute Gasteiger partial charge is 0.227 e. The number of anilines is 1. The van der Waals surface area contributed by atoms with E-state index in [9.17, 15) is 9.59 Å². The van der Waals surface area contributed by atoms with Gasteiger partial charge in [0, 0.05) is 38.0 Å². The minimum atomic E-state index is 0.136. The predicted molar refractivity (Wildman–Crippen MR) is 75.8 cm³/mol. The SMILES string of the molecule is CN1C(=O)CCc2cc(-c3nn(C)cc3C=O)ccc21. The van der Waals surface area contributed by atoms with Gasteiger partial charge in [-0.3, -0.25) is 14.3 Å². The van der Waals surface area contributed by atoms with Gasteiger partial charge in [-0.25, -0.2) is 0 Å². The van der Waals surface area contributed by atoms with Crippen molar-refractivity contribution >= 4 is 17.9 Å².